The fraction of sp³-hybridized carbons (Fsp3) is 0.462. The maximum Gasteiger partial charge on any atom is 0.251 e. The molecule has 1 heterocycles. The van der Waals surface area contributed by atoms with Crippen molar-refractivity contribution in [2.24, 2.45) is 0 Å². The van der Waals surface area contributed by atoms with E-state index in [9.17, 15) is 4.79 Å². The summed E-state index contributed by atoms with van der Waals surface area (Å²) in [5.74, 6) is -0.223. The predicted octanol–water partition coefficient (Wildman–Crippen LogP) is 2.72. The molecule has 0 aliphatic rings. The summed E-state index contributed by atoms with van der Waals surface area (Å²) < 4.78 is 0. The van der Waals surface area contributed by atoms with Gasteiger partial charge in [0.05, 0.1) is 12.5 Å². The van der Waals surface area contributed by atoms with Gasteiger partial charge in [0.25, 0.3) is 5.91 Å². The van der Waals surface area contributed by atoms with Crippen molar-refractivity contribution in [1.29, 1.82) is 5.26 Å². The average Bonchev–Trinajstić information content (AvgIpc) is 2.28. The number of amides is 1. The van der Waals surface area contributed by atoms with Crippen molar-refractivity contribution in [3.63, 3.8) is 0 Å². The van der Waals surface area contributed by atoms with Gasteiger partial charge in [-0.2, -0.15) is 5.26 Å². The molecule has 0 aliphatic heterocycles. The van der Waals surface area contributed by atoms with Crippen molar-refractivity contribution in [1.82, 2.24) is 10.3 Å². The number of aromatic nitrogens is 1. The highest BCUT2D eigenvalue weighted by Gasteiger charge is 2.11. The lowest BCUT2D eigenvalue weighted by molar-refractivity contribution is 0.0940. The second-order valence-electron chi connectivity index (χ2n) is 4.16. The van der Waals surface area contributed by atoms with E-state index >= 15 is 0 Å². The maximum absolute atomic E-state index is 11.9. The summed E-state index contributed by atoms with van der Waals surface area (Å²) in [6.07, 6.45) is 2.01. The molecule has 1 rings (SSSR count). The summed E-state index contributed by atoms with van der Waals surface area (Å²) in [6.45, 7) is 3.83. The zero-order valence-corrected chi connectivity index (χ0v) is 11.3. The van der Waals surface area contributed by atoms with Crippen molar-refractivity contribution in [2.45, 2.75) is 39.2 Å². The van der Waals surface area contributed by atoms with E-state index in [4.69, 9.17) is 16.9 Å². The number of hydrogen-bond donors (Lipinski definition) is 1. The van der Waals surface area contributed by atoms with Crippen molar-refractivity contribution >= 4 is 17.5 Å². The quantitative estimate of drug-likeness (QED) is 0.833. The van der Waals surface area contributed by atoms with E-state index in [2.05, 4.69) is 10.3 Å². The summed E-state index contributed by atoms with van der Waals surface area (Å²) >= 11 is 5.88. The number of carbonyl (C=O) groups is 1. The number of hydrogen-bond acceptors (Lipinski definition) is 3. The molecule has 0 aliphatic carbocycles. The molecule has 1 unspecified atom stereocenters. The molecule has 0 spiro atoms. The molecule has 96 valence electrons. The maximum atomic E-state index is 11.9. The Balaban J connectivity index is 2.82. The second kappa shape index (κ2) is 6.97. The van der Waals surface area contributed by atoms with Crippen LogP contribution in [-0.4, -0.2) is 16.9 Å². The van der Waals surface area contributed by atoms with E-state index in [-0.39, 0.29) is 18.4 Å². The summed E-state index contributed by atoms with van der Waals surface area (Å²) in [4.78, 5) is 16.1. The molecule has 1 N–H and O–H groups in total. The Morgan fingerprint density at radius 2 is 2.33 bits per heavy atom. The number of nitriles is 1. The van der Waals surface area contributed by atoms with Gasteiger partial charge in [-0.3, -0.25) is 4.79 Å². The first-order valence-corrected chi connectivity index (χ1v) is 6.29. The summed E-state index contributed by atoms with van der Waals surface area (Å²) in [5, 5.41) is 11.6. The molecule has 0 aromatic carbocycles. The first-order chi connectivity index (χ1) is 8.56. The van der Waals surface area contributed by atoms with Gasteiger partial charge in [-0.05, 0) is 25.5 Å². The highest BCUT2D eigenvalue weighted by atomic mass is 35.5. The van der Waals surface area contributed by atoms with Crippen molar-refractivity contribution < 1.29 is 4.79 Å². The third-order valence-corrected chi connectivity index (χ3v) is 2.58. The lowest BCUT2D eigenvalue weighted by atomic mass is 10.1. The molecule has 0 saturated heterocycles. The van der Waals surface area contributed by atoms with Crippen LogP contribution in [0.2, 0.25) is 5.15 Å². The van der Waals surface area contributed by atoms with Crippen LogP contribution in [0.25, 0.3) is 0 Å². The first-order valence-electron chi connectivity index (χ1n) is 5.91. The molecule has 0 fully saturated rings. The number of aryl methyl sites for hydroxylation is 1. The zero-order valence-electron chi connectivity index (χ0n) is 10.5. The Morgan fingerprint density at radius 3 is 2.94 bits per heavy atom. The molecule has 0 bridgehead atoms. The Bertz CT molecular complexity index is 468. The van der Waals surface area contributed by atoms with Crippen LogP contribution in [0.4, 0.5) is 0 Å². The fourth-order valence-corrected chi connectivity index (χ4v) is 1.79. The van der Waals surface area contributed by atoms with Gasteiger partial charge in [-0.1, -0.05) is 24.9 Å². The third-order valence-electron chi connectivity index (χ3n) is 2.39. The van der Waals surface area contributed by atoms with Gasteiger partial charge in [0, 0.05) is 17.3 Å². The minimum atomic E-state index is -0.223. The number of pyridine rings is 1. The van der Waals surface area contributed by atoms with Crippen LogP contribution in [0.15, 0.2) is 12.1 Å². The monoisotopic (exact) mass is 265 g/mol. The second-order valence-corrected chi connectivity index (χ2v) is 4.54. The van der Waals surface area contributed by atoms with E-state index in [0.29, 0.717) is 10.7 Å². The Morgan fingerprint density at radius 1 is 1.61 bits per heavy atom. The Kier molecular flexibility index (Phi) is 5.60. The number of nitrogens with zero attached hydrogens (tertiary/aromatic N) is 2. The minimum Gasteiger partial charge on any atom is -0.349 e. The summed E-state index contributed by atoms with van der Waals surface area (Å²) in [5.41, 5.74) is 1.30. The van der Waals surface area contributed by atoms with E-state index in [1.807, 2.05) is 13.0 Å². The lowest BCUT2D eigenvalue weighted by Gasteiger charge is -2.11. The number of rotatable bonds is 5. The van der Waals surface area contributed by atoms with Crippen LogP contribution in [0.5, 0.6) is 0 Å². The molecule has 4 nitrogen and oxygen atoms in total. The molecule has 0 saturated carbocycles. The number of halogens is 1. The fourth-order valence-electron chi connectivity index (χ4n) is 1.56. The molecular weight excluding hydrogens is 250 g/mol. The molecule has 0 radical (unpaired) electrons. The van der Waals surface area contributed by atoms with Crippen LogP contribution >= 0.6 is 11.6 Å². The third kappa shape index (κ3) is 4.34. The van der Waals surface area contributed by atoms with E-state index in [1.54, 1.807) is 13.0 Å². The lowest BCUT2D eigenvalue weighted by Crippen LogP contribution is -2.32. The average molecular weight is 266 g/mol. The highest BCUT2D eigenvalue weighted by molar-refractivity contribution is 6.29. The molecule has 1 atom stereocenters. The van der Waals surface area contributed by atoms with E-state index < -0.39 is 0 Å². The Hall–Kier alpha value is -1.60. The van der Waals surface area contributed by atoms with Gasteiger partial charge < -0.3 is 5.32 Å². The van der Waals surface area contributed by atoms with Crippen LogP contribution in [0, 0.1) is 11.3 Å². The van der Waals surface area contributed by atoms with Gasteiger partial charge in [0.2, 0.25) is 0 Å². The number of carbonyl (C=O) groups excluding carboxylic acids is 1. The van der Waals surface area contributed by atoms with Crippen LogP contribution in [-0.2, 0) is 6.42 Å². The SMILES string of the molecule is CCCc1cc(C(=O)NC(C)CC#N)cc(Cl)n1. The molecule has 5 heteroatoms. The Labute approximate surface area is 112 Å². The topological polar surface area (TPSA) is 65.8 Å². The molecule has 1 aromatic rings. The normalized spacial score (nSPS) is 11.7. The van der Waals surface area contributed by atoms with Crippen LogP contribution < -0.4 is 5.32 Å². The van der Waals surface area contributed by atoms with Crippen LogP contribution in [0.3, 0.4) is 0 Å². The smallest absolute Gasteiger partial charge is 0.251 e. The molecule has 1 amide bonds. The first kappa shape index (κ1) is 14.5. The predicted molar refractivity (Wildman–Crippen MR) is 70.4 cm³/mol. The van der Waals surface area contributed by atoms with Crippen molar-refractivity contribution in [2.75, 3.05) is 0 Å². The van der Waals surface area contributed by atoms with Crippen molar-refractivity contribution in [3.05, 3.63) is 28.5 Å². The van der Waals surface area contributed by atoms with E-state index in [0.717, 1.165) is 18.5 Å². The summed E-state index contributed by atoms with van der Waals surface area (Å²) in [7, 11) is 0. The largest absolute Gasteiger partial charge is 0.349 e. The van der Waals surface area contributed by atoms with E-state index in [1.165, 1.54) is 6.07 Å². The van der Waals surface area contributed by atoms with Crippen molar-refractivity contribution in [3.8, 4) is 6.07 Å². The highest BCUT2D eigenvalue weighted by Crippen LogP contribution is 2.12. The van der Waals surface area contributed by atoms with Gasteiger partial charge in [0.1, 0.15) is 5.15 Å². The molecule has 1 aromatic heterocycles. The molecule has 18 heavy (non-hydrogen) atoms. The zero-order chi connectivity index (χ0) is 13.5. The number of nitrogens with one attached hydrogen (secondary N) is 1. The molecular formula is C13H16ClN3O. The van der Waals surface area contributed by atoms with Gasteiger partial charge in [-0.15, -0.1) is 0 Å². The van der Waals surface area contributed by atoms with Gasteiger partial charge in [0.15, 0.2) is 0 Å². The van der Waals surface area contributed by atoms with Crippen LogP contribution in [0.1, 0.15) is 42.7 Å². The van der Waals surface area contributed by atoms with Gasteiger partial charge >= 0.3 is 0 Å². The standard InChI is InChI=1S/C13H16ClN3O/c1-3-4-11-7-10(8-12(14)17-11)13(18)16-9(2)5-6-15/h7-9H,3-5H2,1-2H3,(H,16,18). The minimum absolute atomic E-state index is 0.177. The summed E-state index contributed by atoms with van der Waals surface area (Å²) in [6, 6.07) is 5.11. The van der Waals surface area contributed by atoms with Gasteiger partial charge in [-0.25, -0.2) is 4.98 Å².